The summed E-state index contributed by atoms with van der Waals surface area (Å²) in [6.45, 7) is 6.52. The van der Waals surface area contributed by atoms with Gasteiger partial charge in [-0.05, 0) is 70.6 Å². The van der Waals surface area contributed by atoms with Crippen molar-refractivity contribution in [3.8, 4) is 0 Å². The van der Waals surface area contributed by atoms with Gasteiger partial charge in [-0.25, -0.2) is 0 Å². The van der Waals surface area contributed by atoms with Crippen molar-refractivity contribution in [1.29, 1.82) is 0 Å². The average Bonchev–Trinajstić information content (AvgIpc) is 3.15. The van der Waals surface area contributed by atoms with E-state index < -0.39 is 6.10 Å². The molecule has 0 aliphatic carbocycles. The molecule has 6 nitrogen and oxygen atoms in total. The second-order valence-electron chi connectivity index (χ2n) is 15.0. The molecule has 0 aromatic rings. The summed E-state index contributed by atoms with van der Waals surface area (Å²) in [4.78, 5) is 37.6. The van der Waals surface area contributed by atoms with Crippen LogP contribution in [-0.4, -0.2) is 37.2 Å². The molecule has 0 aliphatic rings. The van der Waals surface area contributed by atoms with Crippen LogP contribution in [0.1, 0.15) is 226 Å². The van der Waals surface area contributed by atoms with Gasteiger partial charge >= 0.3 is 17.9 Å². The summed E-state index contributed by atoms with van der Waals surface area (Å²) in [7, 11) is 0. The fraction of sp³-hybridized carbons (Fsp3) is 0.809. The number of ether oxygens (including phenoxy) is 3. The lowest BCUT2D eigenvalue weighted by molar-refractivity contribution is -0.167. The number of rotatable bonds is 40. The lowest BCUT2D eigenvalue weighted by Gasteiger charge is -2.18. The number of unbranched alkanes of at least 4 members (excludes halogenated alkanes) is 23. The number of hydrogen-bond donors (Lipinski definition) is 0. The molecule has 308 valence electrons. The first-order chi connectivity index (χ1) is 26.0. The van der Waals surface area contributed by atoms with Crippen molar-refractivity contribution in [3.63, 3.8) is 0 Å². The van der Waals surface area contributed by atoms with Gasteiger partial charge in [0.25, 0.3) is 0 Å². The molecule has 0 saturated carbocycles. The summed E-state index contributed by atoms with van der Waals surface area (Å²) in [5.41, 5.74) is 0. The molecule has 0 aromatic carbocycles. The Hall–Kier alpha value is -2.37. The number of esters is 3. The lowest BCUT2D eigenvalue weighted by atomic mass is 10.1. The molecule has 0 amide bonds. The molecule has 1 unspecified atom stereocenters. The second kappa shape index (κ2) is 42.4. The Morgan fingerprint density at radius 3 is 1.17 bits per heavy atom. The molecule has 0 radical (unpaired) electrons. The maximum absolute atomic E-state index is 12.6. The Morgan fingerprint density at radius 2 is 0.698 bits per heavy atom. The third-order valence-electron chi connectivity index (χ3n) is 9.62. The number of carbonyl (C=O) groups excluding carboxylic acids is 3. The van der Waals surface area contributed by atoms with Crippen LogP contribution in [0.4, 0.5) is 0 Å². The van der Waals surface area contributed by atoms with E-state index in [1.165, 1.54) is 116 Å². The highest BCUT2D eigenvalue weighted by Gasteiger charge is 2.19. The van der Waals surface area contributed by atoms with E-state index in [2.05, 4.69) is 57.2 Å². The molecule has 0 aromatic heterocycles. The Balaban J connectivity index is 4.31. The fourth-order valence-electron chi connectivity index (χ4n) is 6.18. The minimum Gasteiger partial charge on any atom is -0.462 e. The summed E-state index contributed by atoms with van der Waals surface area (Å²) in [6, 6.07) is 0. The smallest absolute Gasteiger partial charge is 0.306 e. The van der Waals surface area contributed by atoms with E-state index in [1.807, 2.05) is 0 Å². The van der Waals surface area contributed by atoms with Crippen LogP contribution >= 0.6 is 0 Å². The highest BCUT2D eigenvalue weighted by molar-refractivity contribution is 5.71. The molecule has 0 aliphatic heterocycles. The van der Waals surface area contributed by atoms with Crippen LogP contribution in [0.2, 0.25) is 0 Å². The SMILES string of the molecule is CCCCC/C=C\C/C=C\CCCCCCCCCC(=O)OCC(COC(=O)CCCCCCCCCCC)OC(=O)CCC/C=C\CCCCCC. The summed E-state index contributed by atoms with van der Waals surface area (Å²) in [5, 5.41) is 0. The largest absolute Gasteiger partial charge is 0.462 e. The van der Waals surface area contributed by atoms with Gasteiger partial charge in [-0.2, -0.15) is 0 Å². The van der Waals surface area contributed by atoms with Gasteiger partial charge in [0.2, 0.25) is 0 Å². The third-order valence-corrected chi connectivity index (χ3v) is 9.62. The van der Waals surface area contributed by atoms with Gasteiger partial charge in [-0.3, -0.25) is 14.4 Å². The van der Waals surface area contributed by atoms with Crippen molar-refractivity contribution < 1.29 is 28.6 Å². The van der Waals surface area contributed by atoms with Crippen LogP contribution in [0.25, 0.3) is 0 Å². The van der Waals surface area contributed by atoms with Crippen molar-refractivity contribution in [2.24, 2.45) is 0 Å². The van der Waals surface area contributed by atoms with Gasteiger partial charge in [0.05, 0.1) is 0 Å². The first-order valence-electron chi connectivity index (χ1n) is 22.5. The van der Waals surface area contributed by atoms with E-state index in [0.717, 1.165) is 64.2 Å². The molecule has 1 atom stereocenters. The minimum absolute atomic E-state index is 0.0844. The molecular weight excluding hydrogens is 661 g/mol. The maximum atomic E-state index is 12.6. The molecule has 0 saturated heterocycles. The number of carbonyl (C=O) groups is 3. The van der Waals surface area contributed by atoms with Crippen molar-refractivity contribution >= 4 is 17.9 Å². The Labute approximate surface area is 327 Å². The number of hydrogen-bond acceptors (Lipinski definition) is 6. The highest BCUT2D eigenvalue weighted by Crippen LogP contribution is 2.13. The lowest BCUT2D eigenvalue weighted by Crippen LogP contribution is -2.30. The Morgan fingerprint density at radius 1 is 0.377 bits per heavy atom. The van der Waals surface area contributed by atoms with Crippen molar-refractivity contribution in [2.75, 3.05) is 13.2 Å². The van der Waals surface area contributed by atoms with Crippen LogP contribution in [0, 0.1) is 0 Å². The molecular formula is C47H84O6. The molecule has 6 heteroatoms. The van der Waals surface area contributed by atoms with Crippen LogP contribution in [0.5, 0.6) is 0 Å². The molecule has 0 rings (SSSR count). The first kappa shape index (κ1) is 50.6. The quantitative estimate of drug-likeness (QED) is 0.0269. The van der Waals surface area contributed by atoms with Crippen LogP contribution in [-0.2, 0) is 28.6 Å². The zero-order valence-electron chi connectivity index (χ0n) is 35.0. The monoisotopic (exact) mass is 745 g/mol. The Kier molecular flexibility index (Phi) is 40.5. The molecule has 0 N–H and O–H groups in total. The second-order valence-corrected chi connectivity index (χ2v) is 15.0. The van der Waals surface area contributed by atoms with E-state index in [9.17, 15) is 14.4 Å². The van der Waals surface area contributed by atoms with Crippen molar-refractivity contribution in [2.45, 2.75) is 232 Å². The predicted octanol–water partition coefficient (Wildman–Crippen LogP) is 14.2. The van der Waals surface area contributed by atoms with E-state index in [-0.39, 0.29) is 37.5 Å². The van der Waals surface area contributed by atoms with Crippen molar-refractivity contribution in [1.82, 2.24) is 0 Å². The van der Waals surface area contributed by atoms with Gasteiger partial charge < -0.3 is 14.2 Å². The summed E-state index contributed by atoms with van der Waals surface area (Å²) < 4.78 is 16.6. The van der Waals surface area contributed by atoms with Crippen LogP contribution in [0.15, 0.2) is 36.5 Å². The Bertz CT molecular complexity index is 907. The van der Waals surface area contributed by atoms with Gasteiger partial charge in [0, 0.05) is 19.3 Å². The number of allylic oxidation sites excluding steroid dienone is 6. The minimum atomic E-state index is -0.783. The fourth-order valence-corrected chi connectivity index (χ4v) is 6.18. The first-order valence-corrected chi connectivity index (χ1v) is 22.5. The predicted molar refractivity (Wildman–Crippen MR) is 224 cm³/mol. The average molecular weight is 745 g/mol. The zero-order valence-corrected chi connectivity index (χ0v) is 35.0. The molecule has 0 heterocycles. The van der Waals surface area contributed by atoms with E-state index in [4.69, 9.17) is 14.2 Å². The van der Waals surface area contributed by atoms with Crippen LogP contribution < -0.4 is 0 Å². The van der Waals surface area contributed by atoms with Gasteiger partial charge in [0.1, 0.15) is 13.2 Å². The van der Waals surface area contributed by atoms with Crippen LogP contribution in [0.3, 0.4) is 0 Å². The molecule has 0 spiro atoms. The molecule has 0 fully saturated rings. The van der Waals surface area contributed by atoms with Gasteiger partial charge in [-0.15, -0.1) is 0 Å². The van der Waals surface area contributed by atoms with Crippen molar-refractivity contribution in [3.05, 3.63) is 36.5 Å². The normalized spacial score (nSPS) is 12.3. The standard InChI is InChI=1S/C47H84O6/c1-4-7-10-13-16-19-20-21-22-23-24-25-26-29-31-34-37-40-46(49)52-43-44(53-47(50)41-38-35-32-28-18-15-12-9-6-3)42-51-45(48)39-36-33-30-27-17-14-11-8-5-2/h16,19,21-22,28,32,44H,4-15,17-18,20,23-27,29-31,33-43H2,1-3H3/b19-16-,22-21-,32-28-. The summed E-state index contributed by atoms with van der Waals surface area (Å²) in [5.74, 6) is -0.931. The van der Waals surface area contributed by atoms with E-state index >= 15 is 0 Å². The zero-order chi connectivity index (χ0) is 38.7. The maximum Gasteiger partial charge on any atom is 0.306 e. The molecule has 53 heavy (non-hydrogen) atoms. The molecule has 0 bridgehead atoms. The summed E-state index contributed by atoms with van der Waals surface area (Å²) in [6.07, 6.45) is 47.1. The van der Waals surface area contributed by atoms with E-state index in [1.54, 1.807) is 0 Å². The topological polar surface area (TPSA) is 78.9 Å². The highest BCUT2D eigenvalue weighted by atomic mass is 16.6. The van der Waals surface area contributed by atoms with Gasteiger partial charge in [0.15, 0.2) is 6.10 Å². The third kappa shape index (κ3) is 40.6. The summed E-state index contributed by atoms with van der Waals surface area (Å²) >= 11 is 0. The van der Waals surface area contributed by atoms with E-state index in [0.29, 0.717) is 19.3 Å². The van der Waals surface area contributed by atoms with Gasteiger partial charge in [-0.1, -0.05) is 173 Å².